The van der Waals surface area contributed by atoms with Crippen LogP contribution in [-0.2, 0) is 0 Å². The number of fused-ring (bicyclic) bond motifs is 1. The first-order chi connectivity index (χ1) is 12.1. The predicted octanol–water partition coefficient (Wildman–Crippen LogP) is 3.49. The number of aryl methyl sites for hydroxylation is 1. The molecule has 1 atom stereocenters. The number of nitro benzene ring substituents is 1. The van der Waals surface area contributed by atoms with Crippen molar-refractivity contribution in [1.29, 1.82) is 0 Å². The summed E-state index contributed by atoms with van der Waals surface area (Å²) in [5.41, 5.74) is 1.47. The second kappa shape index (κ2) is 6.16. The van der Waals surface area contributed by atoms with E-state index in [4.69, 9.17) is 0 Å². The van der Waals surface area contributed by atoms with Crippen molar-refractivity contribution in [3.05, 3.63) is 58.8 Å². The molecule has 7 heteroatoms. The molecule has 4 rings (SSSR count). The van der Waals surface area contributed by atoms with Crippen LogP contribution in [0.2, 0.25) is 0 Å². The number of nitro groups is 1. The maximum Gasteiger partial charge on any atom is 0.301 e. The second-order valence-corrected chi connectivity index (χ2v) is 6.38. The van der Waals surface area contributed by atoms with Gasteiger partial charge in [-0.15, -0.1) is 0 Å². The summed E-state index contributed by atoms with van der Waals surface area (Å²) in [4.78, 5) is 22.2. The molecule has 1 saturated heterocycles. The fourth-order valence-electron chi connectivity index (χ4n) is 3.75. The molecule has 7 nitrogen and oxygen atoms in total. The molecule has 0 saturated carbocycles. The van der Waals surface area contributed by atoms with Crippen molar-refractivity contribution in [2.24, 2.45) is 0 Å². The SMILES string of the molecule is Cc1nccn1C1CCCN(c2ccc3ncccc3c2[N+](=O)[O-])C1. The number of piperidine rings is 1. The van der Waals surface area contributed by atoms with Gasteiger partial charge in [0.1, 0.15) is 11.5 Å². The van der Waals surface area contributed by atoms with Crippen LogP contribution in [0.1, 0.15) is 24.7 Å². The third-order valence-electron chi connectivity index (χ3n) is 4.91. The van der Waals surface area contributed by atoms with Crippen LogP contribution in [0.4, 0.5) is 11.4 Å². The van der Waals surface area contributed by atoms with Gasteiger partial charge < -0.3 is 9.47 Å². The highest BCUT2D eigenvalue weighted by atomic mass is 16.6. The van der Waals surface area contributed by atoms with E-state index in [0.717, 1.165) is 31.8 Å². The van der Waals surface area contributed by atoms with E-state index in [1.54, 1.807) is 24.5 Å². The van der Waals surface area contributed by atoms with Crippen molar-refractivity contribution in [2.75, 3.05) is 18.0 Å². The molecular formula is C18H19N5O2. The number of hydrogen-bond acceptors (Lipinski definition) is 5. The van der Waals surface area contributed by atoms with Gasteiger partial charge in [0.15, 0.2) is 0 Å². The van der Waals surface area contributed by atoms with E-state index in [9.17, 15) is 10.1 Å². The minimum Gasteiger partial charge on any atom is -0.364 e. The largest absolute Gasteiger partial charge is 0.364 e. The molecule has 128 valence electrons. The highest BCUT2D eigenvalue weighted by Crippen LogP contribution is 2.37. The van der Waals surface area contributed by atoms with Gasteiger partial charge in [-0.05, 0) is 44.0 Å². The number of benzene rings is 1. The summed E-state index contributed by atoms with van der Waals surface area (Å²) in [6.45, 7) is 3.55. The van der Waals surface area contributed by atoms with Gasteiger partial charge in [-0.2, -0.15) is 0 Å². The Morgan fingerprint density at radius 3 is 2.88 bits per heavy atom. The van der Waals surface area contributed by atoms with Crippen LogP contribution in [0.3, 0.4) is 0 Å². The van der Waals surface area contributed by atoms with Gasteiger partial charge in [-0.25, -0.2) is 4.98 Å². The molecule has 0 aliphatic carbocycles. The molecule has 0 bridgehead atoms. The molecule has 0 spiro atoms. The Morgan fingerprint density at radius 2 is 2.12 bits per heavy atom. The van der Waals surface area contributed by atoms with Crippen molar-refractivity contribution < 1.29 is 4.92 Å². The Hall–Kier alpha value is -2.96. The van der Waals surface area contributed by atoms with E-state index in [0.29, 0.717) is 16.6 Å². The molecule has 1 aromatic carbocycles. The van der Waals surface area contributed by atoms with Gasteiger partial charge in [0.2, 0.25) is 0 Å². The minimum atomic E-state index is -0.286. The Morgan fingerprint density at radius 1 is 1.24 bits per heavy atom. The topological polar surface area (TPSA) is 77.1 Å². The molecule has 2 aromatic heterocycles. The van der Waals surface area contributed by atoms with Crippen molar-refractivity contribution in [3.63, 3.8) is 0 Å². The van der Waals surface area contributed by atoms with E-state index in [1.807, 2.05) is 25.3 Å². The smallest absolute Gasteiger partial charge is 0.301 e. The van der Waals surface area contributed by atoms with Gasteiger partial charge in [-0.3, -0.25) is 15.1 Å². The van der Waals surface area contributed by atoms with E-state index in [2.05, 4.69) is 19.4 Å². The van der Waals surface area contributed by atoms with E-state index >= 15 is 0 Å². The van der Waals surface area contributed by atoms with E-state index in [-0.39, 0.29) is 16.7 Å². The lowest BCUT2D eigenvalue weighted by atomic mass is 10.0. The standard InChI is InChI=1S/C18H19N5O2/c1-13-19-9-11-22(13)14-4-3-10-21(12-14)17-7-6-16-15(5-2-8-20-16)18(17)23(24)25/h2,5-9,11,14H,3-4,10,12H2,1H3. The normalized spacial score (nSPS) is 17.8. The van der Waals surface area contributed by atoms with E-state index in [1.165, 1.54) is 0 Å². The zero-order chi connectivity index (χ0) is 17.4. The first-order valence-electron chi connectivity index (χ1n) is 8.41. The minimum absolute atomic E-state index is 0.147. The average molecular weight is 337 g/mol. The van der Waals surface area contributed by atoms with Crippen LogP contribution in [0.25, 0.3) is 10.9 Å². The summed E-state index contributed by atoms with van der Waals surface area (Å²) in [5, 5.41) is 12.4. The molecule has 3 aromatic rings. The lowest BCUT2D eigenvalue weighted by Gasteiger charge is -2.35. The summed E-state index contributed by atoms with van der Waals surface area (Å²) < 4.78 is 2.17. The van der Waals surface area contributed by atoms with Crippen LogP contribution in [0, 0.1) is 17.0 Å². The average Bonchev–Trinajstić information content (AvgIpc) is 3.06. The molecule has 1 aliphatic heterocycles. The van der Waals surface area contributed by atoms with Crippen LogP contribution in [0.15, 0.2) is 42.9 Å². The summed E-state index contributed by atoms with van der Waals surface area (Å²) in [6.07, 6.45) is 7.49. The molecular weight excluding hydrogens is 318 g/mol. The third-order valence-corrected chi connectivity index (χ3v) is 4.91. The number of imidazole rings is 1. The summed E-state index contributed by atoms with van der Waals surface area (Å²) in [5.74, 6) is 0.976. The Bertz CT molecular complexity index is 936. The molecule has 0 amide bonds. The lowest BCUT2D eigenvalue weighted by molar-refractivity contribution is -0.382. The summed E-state index contributed by atoms with van der Waals surface area (Å²) >= 11 is 0. The van der Waals surface area contributed by atoms with Crippen molar-refractivity contribution >= 4 is 22.3 Å². The number of anilines is 1. The molecule has 0 radical (unpaired) electrons. The molecule has 25 heavy (non-hydrogen) atoms. The zero-order valence-electron chi connectivity index (χ0n) is 14.0. The second-order valence-electron chi connectivity index (χ2n) is 6.38. The number of pyridine rings is 1. The van der Waals surface area contributed by atoms with Crippen LogP contribution < -0.4 is 4.90 Å². The number of rotatable bonds is 3. The Balaban J connectivity index is 1.75. The maximum absolute atomic E-state index is 11.8. The van der Waals surface area contributed by atoms with Crippen molar-refractivity contribution in [1.82, 2.24) is 14.5 Å². The summed E-state index contributed by atoms with van der Waals surface area (Å²) in [7, 11) is 0. The van der Waals surface area contributed by atoms with Crippen molar-refractivity contribution in [2.45, 2.75) is 25.8 Å². The monoisotopic (exact) mass is 337 g/mol. The quantitative estimate of drug-likeness (QED) is 0.540. The summed E-state index contributed by atoms with van der Waals surface area (Å²) in [6, 6.07) is 7.49. The van der Waals surface area contributed by atoms with Gasteiger partial charge in [0.05, 0.1) is 21.9 Å². The predicted molar refractivity (Wildman–Crippen MR) is 95.8 cm³/mol. The molecule has 1 aliphatic rings. The Labute approximate surface area is 145 Å². The maximum atomic E-state index is 11.8. The number of nitrogens with zero attached hydrogens (tertiary/aromatic N) is 5. The molecule has 3 heterocycles. The van der Waals surface area contributed by atoms with Gasteiger partial charge in [-0.1, -0.05) is 0 Å². The van der Waals surface area contributed by atoms with Gasteiger partial charge in [0.25, 0.3) is 0 Å². The fourth-order valence-corrected chi connectivity index (χ4v) is 3.75. The fraction of sp³-hybridized carbons (Fsp3) is 0.333. The van der Waals surface area contributed by atoms with E-state index < -0.39 is 0 Å². The van der Waals surface area contributed by atoms with Gasteiger partial charge >= 0.3 is 5.69 Å². The van der Waals surface area contributed by atoms with Crippen LogP contribution >= 0.6 is 0 Å². The number of aromatic nitrogens is 3. The highest BCUT2D eigenvalue weighted by Gasteiger charge is 2.28. The highest BCUT2D eigenvalue weighted by molar-refractivity contribution is 5.94. The first-order valence-corrected chi connectivity index (χ1v) is 8.41. The Kier molecular flexibility index (Phi) is 3.83. The molecule has 1 fully saturated rings. The molecule has 1 unspecified atom stereocenters. The van der Waals surface area contributed by atoms with Crippen LogP contribution in [0.5, 0.6) is 0 Å². The van der Waals surface area contributed by atoms with Crippen molar-refractivity contribution in [3.8, 4) is 0 Å². The third kappa shape index (κ3) is 2.71. The lowest BCUT2D eigenvalue weighted by Crippen LogP contribution is -2.37. The first kappa shape index (κ1) is 15.6. The van der Waals surface area contributed by atoms with Crippen LogP contribution in [-0.4, -0.2) is 32.5 Å². The number of hydrogen-bond donors (Lipinski definition) is 0. The molecule has 0 N–H and O–H groups in total. The van der Waals surface area contributed by atoms with Gasteiger partial charge in [0, 0.05) is 31.7 Å². The zero-order valence-corrected chi connectivity index (χ0v) is 14.0.